The van der Waals surface area contributed by atoms with Crippen molar-refractivity contribution in [2.45, 2.75) is 26.7 Å². The number of carbonyl (C=O) groups excluding carboxylic acids is 1. The first-order valence-corrected chi connectivity index (χ1v) is 11.7. The fourth-order valence-electron chi connectivity index (χ4n) is 2.72. The van der Waals surface area contributed by atoms with E-state index in [-0.39, 0.29) is 5.69 Å². The second-order valence-corrected chi connectivity index (χ2v) is 9.03. The van der Waals surface area contributed by atoms with Gasteiger partial charge in [0.25, 0.3) is 0 Å². The third kappa shape index (κ3) is 6.56. The van der Waals surface area contributed by atoms with E-state index < -0.39 is 13.6 Å². The van der Waals surface area contributed by atoms with Crippen LogP contribution in [0.15, 0.2) is 18.2 Å². The van der Waals surface area contributed by atoms with Gasteiger partial charge in [-0.05, 0) is 38.8 Å². The molecule has 0 spiro atoms. The number of ether oxygens (including phenoxy) is 2. The molecule has 0 atom stereocenters. The molecule has 0 aliphatic rings. The lowest BCUT2D eigenvalue weighted by Gasteiger charge is -2.17. The number of hydrogen-bond donors (Lipinski definition) is 0. The maximum absolute atomic E-state index is 12.5. The van der Waals surface area contributed by atoms with E-state index in [1.165, 1.54) is 13.2 Å². The lowest BCUT2D eigenvalue weighted by molar-refractivity contribution is 0.0594. The molecule has 7 nitrogen and oxygen atoms in total. The number of pyridine rings is 1. The van der Waals surface area contributed by atoms with Gasteiger partial charge in [0.2, 0.25) is 0 Å². The molecule has 0 bridgehead atoms. The van der Waals surface area contributed by atoms with Crippen LogP contribution in [0.2, 0.25) is 10.0 Å². The Balaban J connectivity index is 2.12. The van der Waals surface area contributed by atoms with Crippen LogP contribution in [0.3, 0.4) is 0 Å². The Hall–Kier alpha value is -1.37. The Morgan fingerprint density at radius 1 is 1.10 bits per heavy atom. The van der Waals surface area contributed by atoms with E-state index in [9.17, 15) is 9.36 Å². The summed E-state index contributed by atoms with van der Waals surface area (Å²) in [5, 5.41) is 1.31. The molecule has 1 heterocycles. The molecule has 0 amide bonds. The Morgan fingerprint density at radius 3 is 2.41 bits per heavy atom. The van der Waals surface area contributed by atoms with Gasteiger partial charge in [0.1, 0.15) is 5.75 Å². The minimum absolute atomic E-state index is 0.0884. The van der Waals surface area contributed by atoms with Crippen molar-refractivity contribution in [3.8, 4) is 5.75 Å². The summed E-state index contributed by atoms with van der Waals surface area (Å²) in [4.78, 5) is 16.2. The largest absolute Gasteiger partial charge is 0.493 e. The van der Waals surface area contributed by atoms with E-state index in [4.69, 9.17) is 41.7 Å². The summed E-state index contributed by atoms with van der Waals surface area (Å²) < 4.78 is 33.6. The fourth-order valence-corrected chi connectivity index (χ4v) is 5.03. The van der Waals surface area contributed by atoms with Crippen molar-refractivity contribution in [3.63, 3.8) is 0 Å². The summed E-state index contributed by atoms with van der Waals surface area (Å²) in [5.41, 5.74) is 0.517. The predicted octanol–water partition coefficient (Wildman–Crippen LogP) is 5.75. The van der Waals surface area contributed by atoms with Gasteiger partial charge in [-0.15, -0.1) is 0 Å². The van der Waals surface area contributed by atoms with Gasteiger partial charge < -0.3 is 18.5 Å². The van der Waals surface area contributed by atoms with Crippen molar-refractivity contribution < 1.29 is 27.9 Å². The molecule has 0 fully saturated rings. The molecule has 0 radical (unpaired) electrons. The number of carbonyl (C=O) groups is 1. The monoisotopic (exact) mass is 463 g/mol. The van der Waals surface area contributed by atoms with Gasteiger partial charge in [0, 0.05) is 11.1 Å². The highest BCUT2D eigenvalue weighted by atomic mass is 35.5. The normalized spacial score (nSPS) is 11.6. The highest BCUT2D eigenvalue weighted by Gasteiger charge is 2.22. The van der Waals surface area contributed by atoms with Crippen LogP contribution < -0.4 is 4.74 Å². The standard InChI is InChI=1S/C19H24Cl2NO6P/c1-4-27-29(24,28-5-2)9-7-6-8-26-17-12-16(19(23)25-3)22-15-11-13(20)10-14(21)18(15)17/h10-12H,4-9H2,1-3H3. The van der Waals surface area contributed by atoms with Crippen LogP contribution >= 0.6 is 30.8 Å². The number of esters is 1. The van der Waals surface area contributed by atoms with Crippen molar-refractivity contribution in [3.05, 3.63) is 33.9 Å². The van der Waals surface area contributed by atoms with Crippen molar-refractivity contribution in [1.82, 2.24) is 4.98 Å². The summed E-state index contributed by atoms with van der Waals surface area (Å²) in [6.07, 6.45) is 1.50. The first-order valence-electron chi connectivity index (χ1n) is 9.22. The van der Waals surface area contributed by atoms with Gasteiger partial charge in [-0.1, -0.05) is 23.2 Å². The quantitative estimate of drug-likeness (QED) is 0.238. The molecule has 1 aromatic carbocycles. The van der Waals surface area contributed by atoms with Gasteiger partial charge >= 0.3 is 13.6 Å². The molecule has 0 saturated carbocycles. The van der Waals surface area contributed by atoms with E-state index in [1.54, 1.807) is 26.0 Å². The topological polar surface area (TPSA) is 84.0 Å². The van der Waals surface area contributed by atoms with Crippen LogP contribution in [0.1, 0.15) is 37.2 Å². The van der Waals surface area contributed by atoms with E-state index >= 15 is 0 Å². The molecule has 1 aromatic heterocycles. The van der Waals surface area contributed by atoms with E-state index in [1.807, 2.05) is 0 Å². The number of rotatable bonds is 11. The first kappa shape index (κ1) is 23.9. The zero-order valence-electron chi connectivity index (χ0n) is 16.6. The number of benzene rings is 1. The number of halogens is 2. The highest BCUT2D eigenvalue weighted by molar-refractivity contribution is 7.53. The number of hydrogen-bond acceptors (Lipinski definition) is 7. The number of fused-ring (bicyclic) bond motifs is 1. The Labute approximate surface area is 180 Å². The summed E-state index contributed by atoms with van der Waals surface area (Å²) in [6, 6.07) is 4.67. The number of methoxy groups -OCH3 is 1. The molecule has 0 saturated heterocycles. The molecule has 0 aliphatic heterocycles. The van der Waals surface area contributed by atoms with Gasteiger partial charge in [-0.2, -0.15) is 0 Å². The summed E-state index contributed by atoms with van der Waals surface area (Å²) in [5.74, 6) is -0.197. The zero-order valence-corrected chi connectivity index (χ0v) is 19.0. The van der Waals surface area contributed by atoms with Crippen molar-refractivity contribution in [2.75, 3.05) is 33.1 Å². The number of unbranched alkanes of at least 4 members (excludes halogenated alkanes) is 1. The molecule has 29 heavy (non-hydrogen) atoms. The first-order chi connectivity index (χ1) is 13.8. The minimum Gasteiger partial charge on any atom is -0.493 e. The molecule has 0 aliphatic carbocycles. The molecule has 2 aromatic rings. The smallest absolute Gasteiger partial charge is 0.356 e. The Morgan fingerprint density at radius 2 is 1.79 bits per heavy atom. The SMILES string of the molecule is CCOP(=O)(CCCCOc1cc(C(=O)OC)nc2cc(Cl)cc(Cl)c12)OCC. The Kier molecular flexibility index (Phi) is 9.18. The summed E-state index contributed by atoms with van der Waals surface area (Å²) in [7, 11) is -1.80. The van der Waals surface area contributed by atoms with Gasteiger partial charge in [0.15, 0.2) is 5.69 Å². The van der Waals surface area contributed by atoms with Crippen molar-refractivity contribution >= 4 is 47.7 Å². The van der Waals surface area contributed by atoms with Crippen LogP contribution in [-0.4, -0.2) is 44.0 Å². The lowest BCUT2D eigenvalue weighted by atomic mass is 10.1. The van der Waals surface area contributed by atoms with E-state index in [0.717, 1.165) is 0 Å². The van der Waals surface area contributed by atoms with Crippen LogP contribution in [0.5, 0.6) is 5.75 Å². The third-order valence-corrected chi connectivity index (χ3v) is 6.60. The van der Waals surface area contributed by atoms with Gasteiger partial charge in [0.05, 0.1) is 49.0 Å². The molecule has 0 unspecified atom stereocenters. The second-order valence-electron chi connectivity index (χ2n) is 6.00. The van der Waals surface area contributed by atoms with Crippen molar-refractivity contribution in [2.24, 2.45) is 0 Å². The summed E-state index contributed by atoms with van der Waals surface area (Å²) in [6.45, 7) is 4.52. The maximum Gasteiger partial charge on any atom is 0.356 e. The molecule has 0 N–H and O–H groups in total. The van der Waals surface area contributed by atoms with Crippen LogP contribution in [0.4, 0.5) is 0 Å². The molecule has 10 heteroatoms. The molecule has 160 valence electrons. The second kappa shape index (κ2) is 11.1. The molecule has 2 rings (SSSR count). The Bertz CT molecular complexity index is 898. The van der Waals surface area contributed by atoms with E-state index in [2.05, 4.69) is 4.98 Å². The number of aromatic nitrogens is 1. The average Bonchev–Trinajstić information content (AvgIpc) is 2.66. The lowest BCUT2D eigenvalue weighted by Crippen LogP contribution is -2.07. The van der Waals surface area contributed by atoms with E-state index in [0.29, 0.717) is 65.5 Å². The molecular formula is C19H24Cl2NO6P. The summed E-state index contributed by atoms with van der Waals surface area (Å²) >= 11 is 12.4. The van der Waals surface area contributed by atoms with Crippen LogP contribution in [0.25, 0.3) is 10.9 Å². The van der Waals surface area contributed by atoms with Crippen LogP contribution in [-0.2, 0) is 18.3 Å². The maximum atomic E-state index is 12.5. The predicted molar refractivity (Wildman–Crippen MR) is 114 cm³/mol. The average molecular weight is 464 g/mol. The zero-order chi connectivity index (χ0) is 21.4. The van der Waals surface area contributed by atoms with Gasteiger partial charge in [-0.3, -0.25) is 4.57 Å². The van der Waals surface area contributed by atoms with Crippen molar-refractivity contribution in [1.29, 1.82) is 0 Å². The highest BCUT2D eigenvalue weighted by Crippen LogP contribution is 2.48. The third-order valence-electron chi connectivity index (χ3n) is 3.92. The molecular weight excluding hydrogens is 440 g/mol. The van der Waals surface area contributed by atoms with Gasteiger partial charge in [-0.25, -0.2) is 9.78 Å². The fraction of sp³-hybridized carbons (Fsp3) is 0.474. The van der Waals surface area contributed by atoms with Crippen LogP contribution in [0, 0.1) is 0 Å². The minimum atomic E-state index is -3.07. The number of nitrogens with zero attached hydrogens (tertiary/aromatic N) is 1.